The number of aliphatic carboxylic acids is 1. The van der Waals surface area contributed by atoms with E-state index in [1.807, 2.05) is 19.2 Å². The predicted octanol–water partition coefficient (Wildman–Crippen LogP) is 2.62. The van der Waals surface area contributed by atoms with Crippen molar-refractivity contribution < 1.29 is 14.3 Å². The van der Waals surface area contributed by atoms with Crippen LogP contribution in [0.1, 0.15) is 19.3 Å². The number of halogens is 2. The molecule has 0 unspecified atom stereocenters. The van der Waals surface area contributed by atoms with Gasteiger partial charge in [-0.3, -0.25) is 4.79 Å². The van der Waals surface area contributed by atoms with Crippen LogP contribution in [0.25, 0.3) is 0 Å². The summed E-state index contributed by atoms with van der Waals surface area (Å²) in [5.74, 6) is -0.961. The Balaban J connectivity index is 0.00000220. The van der Waals surface area contributed by atoms with Crippen molar-refractivity contribution in [1.29, 1.82) is 0 Å². The summed E-state index contributed by atoms with van der Waals surface area (Å²) < 4.78 is 12.9. The Morgan fingerprint density at radius 2 is 1.90 bits per heavy atom. The Bertz CT molecular complexity index is 447. The third-order valence-electron chi connectivity index (χ3n) is 3.96. The highest BCUT2D eigenvalue weighted by Gasteiger charge is 2.22. The third kappa shape index (κ3) is 5.17. The van der Waals surface area contributed by atoms with E-state index in [4.69, 9.17) is 5.11 Å². The molecule has 0 amide bonds. The molecule has 21 heavy (non-hydrogen) atoms. The maximum atomic E-state index is 12.9. The van der Waals surface area contributed by atoms with Gasteiger partial charge in [-0.05, 0) is 44.2 Å². The molecule has 1 aromatic carbocycles. The number of hydrogen-bond acceptors (Lipinski definition) is 3. The minimum Gasteiger partial charge on any atom is -0.481 e. The normalized spacial score (nSPS) is 15.9. The first-order chi connectivity index (χ1) is 9.56. The lowest BCUT2D eigenvalue weighted by atomic mass is 10.0. The maximum absolute atomic E-state index is 12.9. The van der Waals surface area contributed by atoms with Gasteiger partial charge in [-0.25, -0.2) is 4.39 Å². The van der Waals surface area contributed by atoms with Crippen molar-refractivity contribution in [2.75, 3.05) is 31.6 Å². The van der Waals surface area contributed by atoms with Crippen LogP contribution in [0.5, 0.6) is 0 Å². The fraction of sp³-hybridized carbons (Fsp3) is 0.533. The topological polar surface area (TPSA) is 43.8 Å². The molecule has 0 bridgehead atoms. The van der Waals surface area contributed by atoms with Gasteiger partial charge in [0.15, 0.2) is 0 Å². The molecule has 4 nitrogen and oxygen atoms in total. The monoisotopic (exact) mass is 316 g/mol. The fourth-order valence-electron chi connectivity index (χ4n) is 2.67. The highest BCUT2D eigenvalue weighted by Crippen LogP contribution is 2.22. The molecule has 0 aliphatic carbocycles. The van der Waals surface area contributed by atoms with Crippen LogP contribution in [-0.2, 0) is 4.79 Å². The molecule has 2 rings (SSSR count). The van der Waals surface area contributed by atoms with Crippen LogP contribution in [0, 0.1) is 5.82 Å². The molecular weight excluding hydrogens is 295 g/mol. The summed E-state index contributed by atoms with van der Waals surface area (Å²) in [7, 11) is 1.99. The summed E-state index contributed by atoms with van der Waals surface area (Å²) in [6.07, 6.45) is 2.20. The quantitative estimate of drug-likeness (QED) is 0.907. The van der Waals surface area contributed by atoms with Gasteiger partial charge in [-0.1, -0.05) is 0 Å². The molecular formula is C15H22ClFN2O2. The van der Waals surface area contributed by atoms with Gasteiger partial charge in [0.25, 0.3) is 0 Å². The van der Waals surface area contributed by atoms with E-state index in [0.29, 0.717) is 12.6 Å². The second-order valence-electron chi connectivity index (χ2n) is 5.32. The van der Waals surface area contributed by atoms with Crippen molar-refractivity contribution in [3.05, 3.63) is 30.1 Å². The summed E-state index contributed by atoms with van der Waals surface area (Å²) in [6.45, 7) is 2.44. The Morgan fingerprint density at radius 1 is 1.33 bits per heavy atom. The van der Waals surface area contributed by atoms with E-state index in [1.165, 1.54) is 12.1 Å². The lowest BCUT2D eigenvalue weighted by Gasteiger charge is -2.37. The number of hydrogen-bond donors (Lipinski definition) is 1. The molecule has 0 saturated carbocycles. The second-order valence-corrected chi connectivity index (χ2v) is 5.32. The number of nitrogens with zero attached hydrogens (tertiary/aromatic N) is 2. The molecule has 0 aromatic heterocycles. The Labute approximate surface area is 131 Å². The number of carbonyl (C=O) groups is 1. The van der Waals surface area contributed by atoms with Crippen LogP contribution >= 0.6 is 12.4 Å². The highest BCUT2D eigenvalue weighted by molar-refractivity contribution is 5.85. The van der Waals surface area contributed by atoms with Crippen molar-refractivity contribution in [2.45, 2.75) is 25.3 Å². The van der Waals surface area contributed by atoms with Crippen LogP contribution in [0.15, 0.2) is 24.3 Å². The third-order valence-corrected chi connectivity index (χ3v) is 3.96. The van der Waals surface area contributed by atoms with E-state index in [1.54, 1.807) is 0 Å². The second kappa shape index (κ2) is 8.20. The van der Waals surface area contributed by atoms with Crippen molar-refractivity contribution in [3.63, 3.8) is 0 Å². The van der Waals surface area contributed by atoms with Crippen LogP contribution < -0.4 is 4.90 Å². The van der Waals surface area contributed by atoms with E-state index in [-0.39, 0.29) is 24.6 Å². The average molecular weight is 317 g/mol. The van der Waals surface area contributed by atoms with E-state index >= 15 is 0 Å². The Hall–Kier alpha value is -1.33. The van der Waals surface area contributed by atoms with Crippen LogP contribution in [0.2, 0.25) is 0 Å². The van der Waals surface area contributed by atoms with Crippen molar-refractivity contribution in [2.24, 2.45) is 0 Å². The number of piperidine rings is 1. The standard InChI is InChI=1S/C15H21FN2O2.ClH/c1-17(9-8-15(19)20)13-6-10-18(11-7-13)14-4-2-12(16)3-5-14;/h2-5,13H,6-11H2,1H3,(H,19,20);1H. The molecule has 1 N–H and O–H groups in total. The number of carboxylic acids is 1. The van der Waals surface area contributed by atoms with E-state index in [9.17, 15) is 9.18 Å². The Morgan fingerprint density at radius 3 is 2.43 bits per heavy atom. The highest BCUT2D eigenvalue weighted by atomic mass is 35.5. The summed E-state index contributed by atoms with van der Waals surface area (Å²) in [4.78, 5) is 15.0. The average Bonchev–Trinajstić information content (AvgIpc) is 2.46. The van der Waals surface area contributed by atoms with Gasteiger partial charge in [0.1, 0.15) is 5.82 Å². The largest absolute Gasteiger partial charge is 0.481 e. The van der Waals surface area contributed by atoms with Gasteiger partial charge in [-0.2, -0.15) is 0 Å². The van der Waals surface area contributed by atoms with Gasteiger partial charge in [0.2, 0.25) is 0 Å². The predicted molar refractivity (Wildman–Crippen MR) is 83.8 cm³/mol. The number of rotatable bonds is 5. The fourth-order valence-corrected chi connectivity index (χ4v) is 2.67. The van der Waals surface area contributed by atoms with Gasteiger partial charge >= 0.3 is 5.97 Å². The van der Waals surface area contributed by atoms with E-state index in [0.717, 1.165) is 31.6 Å². The van der Waals surface area contributed by atoms with Gasteiger partial charge in [0.05, 0.1) is 6.42 Å². The lowest BCUT2D eigenvalue weighted by molar-refractivity contribution is -0.137. The first-order valence-corrected chi connectivity index (χ1v) is 6.99. The molecule has 1 aliphatic heterocycles. The maximum Gasteiger partial charge on any atom is 0.304 e. The molecule has 1 saturated heterocycles. The lowest BCUT2D eigenvalue weighted by Crippen LogP contribution is -2.44. The molecule has 0 radical (unpaired) electrons. The van der Waals surface area contributed by atoms with Gasteiger partial charge in [-0.15, -0.1) is 12.4 Å². The molecule has 6 heteroatoms. The summed E-state index contributed by atoms with van der Waals surface area (Å²) in [6, 6.07) is 7.03. The Kier molecular flexibility index (Phi) is 6.92. The first kappa shape index (κ1) is 17.7. The summed E-state index contributed by atoms with van der Waals surface area (Å²) >= 11 is 0. The van der Waals surface area contributed by atoms with Crippen LogP contribution in [0.4, 0.5) is 10.1 Å². The molecule has 0 atom stereocenters. The number of anilines is 1. The number of benzene rings is 1. The van der Waals surface area contributed by atoms with E-state index in [2.05, 4.69) is 9.80 Å². The van der Waals surface area contributed by atoms with E-state index < -0.39 is 5.97 Å². The molecule has 1 aromatic rings. The molecule has 1 fully saturated rings. The summed E-state index contributed by atoms with van der Waals surface area (Å²) in [5.41, 5.74) is 1.05. The first-order valence-electron chi connectivity index (χ1n) is 6.99. The zero-order chi connectivity index (χ0) is 14.5. The van der Waals surface area contributed by atoms with Crippen molar-refractivity contribution in [1.82, 2.24) is 4.90 Å². The minimum atomic E-state index is -0.749. The van der Waals surface area contributed by atoms with Crippen LogP contribution in [-0.4, -0.2) is 48.7 Å². The molecule has 118 valence electrons. The van der Waals surface area contributed by atoms with Gasteiger partial charge in [0, 0.05) is 31.4 Å². The zero-order valence-corrected chi connectivity index (χ0v) is 13.0. The van der Waals surface area contributed by atoms with Crippen LogP contribution in [0.3, 0.4) is 0 Å². The van der Waals surface area contributed by atoms with Crippen molar-refractivity contribution >= 4 is 24.1 Å². The molecule has 0 spiro atoms. The zero-order valence-electron chi connectivity index (χ0n) is 12.2. The smallest absolute Gasteiger partial charge is 0.304 e. The minimum absolute atomic E-state index is 0. The SMILES string of the molecule is CN(CCC(=O)O)C1CCN(c2ccc(F)cc2)CC1.Cl. The summed E-state index contributed by atoms with van der Waals surface area (Å²) in [5, 5.41) is 8.71. The van der Waals surface area contributed by atoms with Crippen molar-refractivity contribution in [3.8, 4) is 0 Å². The number of carboxylic acid groups (broad SMARTS) is 1. The van der Waals surface area contributed by atoms with Gasteiger partial charge < -0.3 is 14.9 Å². The molecule has 1 aliphatic rings. The molecule has 1 heterocycles.